The van der Waals surface area contributed by atoms with Gasteiger partial charge in [0.15, 0.2) is 5.82 Å². The van der Waals surface area contributed by atoms with E-state index in [-0.39, 0.29) is 0 Å². The number of hydrogen-bond donors (Lipinski definition) is 0. The van der Waals surface area contributed by atoms with Crippen LogP contribution in [0.15, 0.2) is 55.0 Å². The first-order chi connectivity index (χ1) is 12.3. The Hall–Kier alpha value is -2.73. The van der Waals surface area contributed by atoms with Crippen LogP contribution in [-0.4, -0.2) is 50.6 Å². The second-order valence-corrected chi connectivity index (χ2v) is 6.32. The molecular weight excluding hydrogens is 312 g/mol. The Morgan fingerprint density at radius 2 is 1.72 bits per heavy atom. The first-order valence-electron chi connectivity index (χ1n) is 8.61. The Kier molecular flexibility index (Phi) is 4.43. The second-order valence-electron chi connectivity index (χ2n) is 6.32. The summed E-state index contributed by atoms with van der Waals surface area (Å²) >= 11 is 0. The molecular formula is C19H22N6. The first kappa shape index (κ1) is 15.8. The minimum atomic E-state index is 0.786. The molecule has 0 radical (unpaired) electrons. The van der Waals surface area contributed by atoms with E-state index in [1.165, 1.54) is 0 Å². The normalized spacial score (nSPS) is 15.5. The van der Waals surface area contributed by atoms with Crippen molar-refractivity contribution in [3.8, 4) is 11.4 Å². The van der Waals surface area contributed by atoms with Gasteiger partial charge in [-0.1, -0.05) is 30.3 Å². The number of rotatable bonds is 4. The van der Waals surface area contributed by atoms with Gasteiger partial charge in [-0.15, -0.1) is 0 Å². The van der Waals surface area contributed by atoms with Crippen molar-refractivity contribution in [1.82, 2.24) is 24.4 Å². The Morgan fingerprint density at radius 1 is 0.920 bits per heavy atom. The number of nitrogens with zero attached hydrogens (tertiary/aromatic N) is 6. The van der Waals surface area contributed by atoms with E-state index in [4.69, 9.17) is 4.98 Å². The van der Waals surface area contributed by atoms with Gasteiger partial charge >= 0.3 is 0 Å². The van der Waals surface area contributed by atoms with Crippen LogP contribution in [0.5, 0.6) is 0 Å². The number of aromatic nitrogens is 4. The summed E-state index contributed by atoms with van der Waals surface area (Å²) in [4.78, 5) is 18.4. The van der Waals surface area contributed by atoms with Crippen LogP contribution in [0.4, 0.5) is 5.82 Å². The Labute approximate surface area is 147 Å². The fourth-order valence-corrected chi connectivity index (χ4v) is 3.14. The largest absolute Gasteiger partial charge is 0.354 e. The molecule has 2 aromatic heterocycles. The van der Waals surface area contributed by atoms with Crippen LogP contribution in [0.3, 0.4) is 0 Å². The SMILES string of the molecule is Cn1ccnc1CN1CCN(c2ccnc(-c3ccccc3)n2)CC1. The summed E-state index contributed by atoms with van der Waals surface area (Å²) < 4.78 is 2.09. The zero-order chi connectivity index (χ0) is 17.1. The number of benzene rings is 1. The van der Waals surface area contributed by atoms with E-state index in [9.17, 15) is 0 Å². The van der Waals surface area contributed by atoms with E-state index in [1.807, 2.05) is 62.0 Å². The van der Waals surface area contributed by atoms with Crippen LogP contribution in [0.1, 0.15) is 5.82 Å². The monoisotopic (exact) mass is 334 g/mol. The Balaban J connectivity index is 1.42. The number of aryl methyl sites for hydroxylation is 1. The third kappa shape index (κ3) is 3.53. The molecule has 25 heavy (non-hydrogen) atoms. The van der Waals surface area contributed by atoms with Gasteiger partial charge in [0, 0.05) is 57.4 Å². The lowest BCUT2D eigenvalue weighted by atomic mass is 10.2. The van der Waals surface area contributed by atoms with Gasteiger partial charge in [-0.2, -0.15) is 0 Å². The molecule has 0 bridgehead atoms. The van der Waals surface area contributed by atoms with Crippen molar-refractivity contribution >= 4 is 5.82 Å². The molecule has 128 valence electrons. The zero-order valence-electron chi connectivity index (χ0n) is 14.4. The van der Waals surface area contributed by atoms with Crippen molar-refractivity contribution in [2.24, 2.45) is 7.05 Å². The van der Waals surface area contributed by atoms with Crippen molar-refractivity contribution in [3.05, 3.63) is 60.8 Å². The van der Waals surface area contributed by atoms with Crippen LogP contribution in [-0.2, 0) is 13.6 Å². The number of hydrogen-bond acceptors (Lipinski definition) is 5. The highest BCUT2D eigenvalue weighted by Crippen LogP contribution is 2.19. The molecule has 3 heterocycles. The van der Waals surface area contributed by atoms with Gasteiger partial charge in [0.1, 0.15) is 11.6 Å². The van der Waals surface area contributed by atoms with Crippen LogP contribution < -0.4 is 4.90 Å². The maximum Gasteiger partial charge on any atom is 0.161 e. The van der Waals surface area contributed by atoms with Gasteiger partial charge in [0.05, 0.1) is 6.54 Å². The predicted octanol–water partition coefficient (Wildman–Crippen LogP) is 2.20. The van der Waals surface area contributed by atoms with Crippen LogP contribution in [0.25, 0.3) is 11.4 Å². The molecule has 0 atom stereocenters. The van der Waals surface area contributed by atoms with Gasteiger partial charge in [0.25, 0.3) is 0 Å². The lowest BCUT2D eigenvalue weighted by Gasteiger charge is -2.35. The molecule has 0 spiro atoms. The average Bonchev–Trinajstić information content (AvgIpc) is 3.08. The van der Waals surface area contributed by atoms with Crippen LogP contribution >= 0.6 is 0 Å². The maximum atomic E-state index is 4.76. The molecule has 0 unspecified atom stereocenters. The lowest BCUT2D eigenvalue weighted by Crippen LogP contribution is -2.46. The fourth-order valence-electron chi connectivity index (χ4n) is 3.14. The average molecular weight is 334 g/mol. The molecule has 1 aliphatic heterocycles. The predicted molar refractivity (Wildman–Crippen MR) is 98.2 cm³/mol. The molecule has 1 fully saturated rings. The minimum Gasteiger partial charge on any atom is -0.354 e. The van der Waals surface area contributed by atoms with Crippen molar-refractivity contribution in [2.75, 3.05) is 31.1 Å². The quantitative estimate of drug-likeness (QED) is 0.732. The number of imidazole rings is 1. The molecule has 0 amide bonds. The van der Waals surface area contributed by atoms with Crippen LogP contribution in [0, 0.1) is 0 Å². The minimum absolute atomic E-state index is 0.786. The highest BCUT2D eigenvalue weighted by molar-refractivity contribution is 5.57. The second kappa shape index (κ2) is 7.03. The summed E-state index contributed by atoms with van der Waals surface area (Å²) in [6.07, 6.45) is 5.71. The molecule has 0 N–H and O–H groups in total. The smallest absolute Gasteiger partial charge is 0.161 e. The maximum absolute atomic E-state index is 4.76. The fraction of sp³-hybridized carbons (Fsp3) is 0.316. The highest BCUT2D eigenvalue weighted by Gasteiger charge is 2.19. The summed E-state index contributed by atoms with van der Waals surface area (Å²) in [5.41, 5.74) is 1.05. The van der Waals surface area contributed by atoms with Gasteiger partial charge in [0.2, 0.25) is 0 Å². The molecule has 3 aromatic rings. The third-order valence-electron chi connectivity index (χ3n) is 4.66. The summed E-state index contributed by atoms with van der Waals surface area (Å²) in [5.74, 6) is 2.90. The molecule has 1 aliphatic rings. The van der Waals surface area contributed by atoms with Crippen molar-refractivity contribution < 1.29 is 0 Å². The molecule has 6 nitrogen and oxygen atoms in total. The van der Waals surface area contributed by atoms with Crippen molar-refractivity contribution in [2.45, 2.75) is 6.54 Å². The first-order valence-corrected chi connectivity index (χ1v) is 8.61. The van der Waals surface area contributed by atoms with E-state index in [0.717, 1.165) is 55.8 Å². The Morgan fingerprint density at radius 3 is 2.44 bits per heavy atom. The van der Waals surface area contributed by atoms with Gasteiger partial charge < -0.3 is 9.47 Å². The summed E-state index contributed by atoms with van der Waals surface area (Å²) in [6, 6.07) is 12.1. The number of anilines is 1. The van der Waals surface area contributed by atoms with E-state index in [2.05, 4.69) is 24.3 Å². The lowest BCUT2D eigenvalue weighted by molar-refractivity contribution is 0.241. The molecule has 1 saturated heterocycles. The van der Waals surface area contributed by atoms with Gasteiger partial charge in [-0.25, -0.2) is 15.0 Å². The molecule has 1 aromatic carbocycles. The van der Waals surface area contributed by atoms with Crippen molar-refractivity contribution in [3.63, 3.8) is 0 Å². The topological polar surface area (TPSA) is 50.1 Å². The molecule has 0 saturated carbocycles. The molecule has 0 aliphatic carbocycles. The standard InChI is InChI=1S/C19H22N6/c1-23-10-9-20-18(23)15-24-11-13-25(14-12-24)17-7-8-21-19(22-17)16-5-3-2-4-6-16/h2-10H,11-15H2,1H3. The zero-order valence-corrected chi connectivity index (χ0v) is 14.4. The van der Waals surface area contributed by atoms with E-state index >= 15 is 0 Å². The molecule has 4 rings (SSSR count). The van der Waals surface area contributed by atoms with E-state index in [0.29, 0.717) is 0 Å². The van der Waals surface area contributed by atoms with E-state index < -0.39 is 0 Å². The molecule has 6 heteroatoms. The highest BCUT2D eigenvalue weighted by atomic mass is 15.3. The Bertz CT molecular complexity index is 821. The van der Waals surface area contributed by atoms with Crippen molar-refractivity contribution in [1.29, 1.82) is 0 Å². The summed E-state index contributed by atoms with van der Waals surface area (Å²) in [5, 5.41) is 0. The third-order valence-corrected chi connectivity index (χ3v) is 4.66. The van der Waals surface area contributed by atoms with E-state index in [1.54, 1.807) is 0 Å². The number of piperazine rings is 1. The van der Waals surface area contributed by atoms with Crippen LogP contribution in [0.2, 0.25) is 0 Å². The summed E-state index contributed by atoms with van der Waals surface area (Å²) in [6.45, 7) is 4.86. The summed E-state index contributed by atoms with van der Waals surface area (Å²) in [7, 11) is 2.05. The van der Waals surface area contributed by atoms with Gasteiger partial charge in [-0.3, -0.25) is 4.90 Å². The van der Waals surface area contributed by atoms with Gasteiger partial charge in [-0.05, 0) is 6.07 Å².